The molecule has 22 heavy (non-hydrogen) atoms. The SMILES string of the molecule is CC(CN)C(=O)Nc1ccc2oc(=O)n(CCN(C)C)c2c1. The fourth-order valence-electron chi connectivity index (χ4n) is 2.02. The molecule has 0 spiro atoms. The molecule has 1 amide bonds. The van der Waals surface area contributed by atoms with Gasteiger partial charge in [-0.05, 0) is 32.3 Å². The van der Waals surface area contributed by atoms with Crippen LogP contribution in [0, 0.1) is 5.92 Å². The zero-order chi connectivity index (χ0) is 16.3. The maximum absolute atomic E-state index is 11.9. The number of carbonyl (C=O) groups is 1. The number of nitrogens with zero attached hydrogens (tertiary/aromatic N) is 2. The number of nitrogens with two attached hydrogens (primary N) is 1. The minimum absolute atomic E-state index is 0.146. The Balaban J connectivity index is 2.30. The molecule has 0 fully saturated rings. The average molecular weight is 306 g/mol. The molecule has 0 aliphatic rings. The number of hydrogen-bond acceptors (Lipinski definition) is 5. The Kier molecular flexibility index (Phi) is 4.99. The number of nitrogens with one attached hydrogen (secondary N) is 1. The molecule has 3 N–H and O–H groups in total. The van der Waals surface area contributed by atoms with Crippen molar-refractivity contribution in [3.05, 3.63) is 28.7 Å². The Labute approximate surface area is 128 Å². The van der Waals surface area contributed by atoms with Gasteiger partial charge < -0.3 is 20.4 Å². The predicted molar refractivity (Wildman–Crippen MR) is 85.9 cm³/mol. The predicted octanol–water partition coefficient (Wildman–Crippen LogP) is 0.689. The second-order valence-corrected chi connectivity index (χ2v) is 5.63. The van der Waals surface area contributed by atoms with Crippen LogP contribution in [0.15, 0.2) is 27.4 Å². The standard InChI is InChI=1S/C15H22N4O3/c1-10(9-16)14(20)17-11-4-5-13-12(8-11)19(15(21)22-13)7-6-18(2)3/h4-5,8,10H,6-7,9,16H2,1-3H3,(H,17,20). The first-order valence-electron chi connectivity index (χ1n) is 7.21. The number of oxazole rings is 1. The number of benzene rings is 1. The van der Waals surface area contributed by atoms with Crippen LogP contribution in [-0.2, 0) is 11.3 Å². The zero-order valence-electron chi connectivity index (χ0n) is 13.1. The lowest BCUT2D eigenvalue weighted by Gasteiger charge is -2.11. The van der Waals surface area contributed by atoms with E-state index in [9.17, 15) is 9.59 Å². The van der Waals surface area contributed by atoms with Crippen molar-refractivity contribution < 1.29 is 9.21 Å². The van der Waals surface area contributed by atoms with Crippen molar-refractivity contribution in [2.45, 2.75) is 13.5 Å². The van der Waals surface area contributed by atoms with Gasteiger partial charge in [-0.1, -0.05) is 6.92 Å². The van der Waals surface area contributed by atoms with E-state index in [1.165, 1.54) is 0 Å². The second-order valence-electron chi connectivity index (χ2n) is 5.63. The Morgan fingerprint density at radius 3 is 2.82 bits per heavy atom. The third-order valence-corrected chi connectivity index (χ3v) is 3.51. The van der Waals surface area contributed by atoms with Gasteiger partial charge in [0.25, 0.3) is 0 Å². The van der Waals surface area contributed by atoms with Crippen molar-refractivity contribution in [2.24, 2.45) is 11.7 Å². The van der Waals surface area contributed by atoms with E-state index in [0.29, 0.717) is 23.3 Å². The van der Waals surface area contributed by atoms with Gasteiger partial charge in [0.15, 0.2) is 5.58 Å². The van der Waals surface area contributed by atoms with Gasteiger partial charge in [0.05, 0.1) is 5.52 Å². The second kappa shape index (κ2) is 6.76. The first-order valence-corrected chi connectivity index (χ1v) is 7.21. The molecule has 2 aromatic rings. The molecule has 0 aliphatic heterocycles. The zero-order valence-corrected chi connectivity index (χ0v) is 13.1. The van der Waals surface area contributed by atoms with Crippen molar-refractivity contribution in [1.29, 1.82) is 0 Å². The highest BCUT2D eigenvalue weighted by Gasteiger charge is 2.13. The van der Waals surface area contributed by atoms with Crippen LogP contribution in [0.25, 0.3) is 11.1 Å². The Bertz CT molecular complexity index is 717. The van der Waals surface area contributed by atoms with E-state index in [-0.39, 0.29) is 18.4 Å². The van der Waals surface area contributed by atoms with Gasteiger partial charge in [-0.15, -0.1) is 0 Å². The highest BCUT2D eigenvalue weighted by atomic mass is 16.4. The maximum atomic E-state index is 11.9. The average Bonchev–Trinajstić information content (AvgIpc) is 2.79. The number of amides is 1. The molecule has 0 radical (unpaired) electrons. The molecule has 2 rings (SSSR count). The summed E-state index contributed by atoms with van der Waals surface area (Å²) in [6.45, 7) is 3.29. The fourth-order valence-corrected chi connectivity index (χ4v) is 2.02. The normalized spacial score (nSPS) is 12.8. The number of likely N-dealkylation sites (N-methyl/N-ethyl adjacent to an activating group) is 1. The summed E-state index contributed by atoms with van der Waals surface area (Å²) in [4.78, 5) is 25.8. The lowest BCUT2D eigenvalue weighted by atomic mass is 10.1. The summed E-state index contributed by atoms with van der Waals surface area (Å²) in [5, 5.41) is 2.80. The van der Waals surface area contributed by atoms with E-state index >= 15 is 0 Å². The smallest absolute Gasteiger partial charge is 0.408 e. The van der Waals surface area contributed by atoms with Crippen molar-refractivity contribution in [1.82, 2.24) is 9.47 Å². The van der Waals surface area contributed by atoms with Gasteiger partial charge in [0, 0.05) is 31.2 Å². The molecule has 0 aliphatic carbocycles. The molecule has 1 atom stereocenters. The molecule has 1 heterocycles. The first kappa shape index (κ1) is 16.3. The van der Waals surface area contributed by atoms with Crippen LogP contribution in [0.3, 0.4) is 0 Å². The number of carbonyl (C=O) groups excluding carboxylic acids is 1. The topological polar surface area (TPSA) is 93.5 Å². The van der Waals surface area contributed by atoms with Crippen molar-refractivity contribution >= 4 is 22.7 Å². The van der Waals surface area contributed by atoms with E-state index in [0.717, 1.165) is 6.54 Å². The molecule has 0 saturated carbocycles. The van der Waals surface area contributed by atoms with Gasteiger partial charge in [0.1, 0.15) is 0 Å². The molecule has 0 saturated heterocycles. The minimum atomic E-state index is -0.393. The summed E-state index contributed by atoms with van der Waals surface area (Å²) >= 11 is 0. The number of rotatable bonds is 6. The summed E-state index contributed by atoms with van der Waals surface area (Å²) < 4.78 is 6.78. The molecule has 1 unspecified atom stereocenters. The third kappa shape index (κ3) is 3.55. The van der Waals surface area contributed by atoms with Crippen LogP contribution in [-0.4, -0.2) is 42.6 Å². The Morgan fingerprint density at radius 2 is 2.18 bits per heavy atom. The van der Waals surface area contributed by atoms with Crippen LogP contribution in [0.5, 0.6) is 0 Å². The number of anilines is 1. The van der Waals surface area contributed by atoms with Gasteiger partial charge in [0.2, 0.25) is 5.91 Å². The fraction of sp³-hybridized carbons (Fsp3) is 0.467. The van der Waals surface area contributed by atoms with Crippen LogP contribution in [0.4, 0.5) is 5.69 Å². The monoisotopic (exact) mass is 306 g/mol. The van der Waals surface area contributed by atoms with E-state index in [1.807, 2.05) is 19.0 Å². The van der Waals surface area contributed by atoms with Gasteiger partial charge in [-0.25, -0.2) is 4.79 Å². The number of aromatic nitrogens is 1. The quantitative estimate of drug-likeness (QED) is 0.819. The summed E-state index contributed by atoms with van der Waals surface area (Å²) in [5.41, 5.74) is 7.29. The summed E-state index contributed by atoms with van der Waals surface area (Å²) in [6.07, 6.45) is 0. The number of hydrogen-bond donors (Lipinski definition) is 2. The molecule has 0 bridgehead atoms. The molecular formula is C15H22N4O3. The maximum Gasteiger partial charge on any atom is 0.419 e. The minimum Gasteiger partial charge on any atom is -0.408 e. The summed E-state index contributed by atoms with van der Waals surface area (Å²) in [7, 11) is 3.88. The molecule has 7 nitrogen and oxygen atoms in total. The van der Waals surface area contributed by atoms with Gasteiger partial charge >= 0.3 is 5.76 Å². The summed E-state index contributed by atoms with van der Waals surface area (Å²) in [6, 6.07) is 5.14. The van der Waals surface area contributed by atoms with E-state index < -0.39 is 5.76 Å². The third-order valence-electron chi connectivity index (χ3n) is 3.51. The van der Waals surface area contributed by atoms with Crippen molar-refractivity contribution in [3.8, 4) is 0 Å². The van der Waals surface area contributed by atoms with E-state index in [1.54, 1.807) is 29.7 Å². The van der Waals surface area contributed by atoms with Gasteiger partial charge in [-0.2, -0.15) is 0 Å². The van der Waals surface area contributed by atoms with Crippen LogP contribution >= 0.6 is 0 Å². The van der Waals surface area contributed by atoms with E-state index in [2.05, 4.69) is 5.32 Å². The van der Waals surface area contributed by atoms with Gasteiger partial charge in [-0.3, -0.25) is 9.36 Å². The van der Waals surface area contributed by atoms with Crippen molar-refractivity contribution in [3.63, 3.8) is 0 Å². The van der Waals surface area contributed by atoms with Crippen molar-refractivity contribution in [2.75, 3.05) is 32.5 Å². The molecule has 7 heteroatoms. The molecule has 1 aromatic heterocycles. The molecule has 1 aromatic carbocycles. The van der Waals surface area contributed by atoms with Crippen LogP contribution in [0.2, 0.25) is 0 Å². The first-order chi connectivity index (χ1) is 10.4. The Hall–Kier alpha value is -2.12. The molecule has 120 valence electrons. The van der Waals surface area contributed by atoms with Crippen LogP contribution < -0.4 is 16.8 Å². The van der Waals surface area contributed by atoms with Crippen LogP contribution in [0.1, 0.15) is 6.92 Å². The Morgan fingerprint density at radius 1 is 1.45 bits per heavy atom. The highest BCUT2D eigenvalue weighted by molar-refractivity contribution is 5.94. The highest BCUT2D eigenvalue weighted by Crippen LogP contribution is 2.19. The lowest BCUT2D eigenvalue weighted by molar-refractivity contribution is -0.119. The largest absolute Gasteiger partial charge is 0.419 e. The summed E-state index contributed by atoms with van der Waals surface area (Å²) in [5.74, 6) is -0.806. The number of fused-ring (bicyclic) bond motifs is 1. The lowest BCUT2D eigenvalue weighted by Crippen LogP contribution is -2.26. The molecular weight excluding hydrogens is 284 g/mol. The van der Waals surface area contributed by atoms with E-state index in [4.69, 9.17) is 10.2 Å².